The first-order chi connectivity index (χ1) is 9.43. The van der Waals surface area contributed by atoms with E-state index in [2.05, 4.69) is 5.32 Å². The molecule has 1 atom stereocenters. The predicted molar refractivity (Wildman–Crippen MR) is 76.7 cm³/mol. The Balaban J connectivity index is 2.19. The van der Waals surface area contributed by atoms with E-state index in [0.717, 1.165) is 11.3 Å². The number of imide groups is 1. The van der Waals surface area contributed by atoms with Crippen LogP contribution in [-0.4, -0.2) is 35.9 Å². The Hall–Kier alpha value is -2.04. The number of nitrogens with one attached hydrogen (secondary N) is 1. The van der Waals surface area contributed by atoms with E-state index < -0.39 is 6.04 Å². The number of aryl methyl sites for hydroxylation is 1. The first kappa shape index (κ1) is 14.4. The van der Waals surface area contributed by atoms with Crippen LogP contribution >= 0.6 is 0 Å². The van der Waals surface area contributed by atoms with E-state index in [9.17, 15) is 9.59 Å². The van der Waals surface area contributed by atoms with Crippen LogP contribution in [0.2, 0.25) is 0 Å². The summed E-state index contributed by atoms with van der Waals surface area (Å²) < 4.78 is 5.30. The minimum atomic E-state index is -0.512. The first-order valence-electron chi connectivity index (χ1n) is 6.71. The summed E-state index contributed by atoms with van der Waals surface area (Å²) in [6, 6.07) is 5.07. The predicted octanol–water partition coefficient (Wildman–Crippen LogP) is 1.95. The van der Waals surface area contributed by atoms with Gasteiger partial charge in [0.2, 0.25) is 5.91 Å². The van der Waals surface area contributed by atoms with Gasteiger partial charge < -0.3 is 10.1 Å². The van der Waals surface area contributed by atoms with Crippen molar-refractivity contribution in [2.24, 2.45) is 0 Å². The molecule has 1 saturated heterocycles. The van der Waals surface area contributed by atoms with Gasteiger partial charge in [-0.1, -0.05) is 6.07 Å². The molecule has 20 heavy (non-hydrogen) atoms. The van der Waals surface area contributed by atoms with Crippen molar-refractivity contribution >= 4 is 17.5 Å². The van der Waals surface area contributed by atoms with E-state index in [1.807, 2.05) is 39.0 Å². The summed E-state index contributed by atoms with van der Waals surface area (Å²) in [6.45, 7) is 5.65. The van der Waals surface area contributed by atoms with Crippen molar-refractivity contribution in [2.75, 3.05) is 12.4 Å². The highest BCUT2D eigenvalue weighted by Crippen LogP contribution is 2.28. The zero-order chi connectivity index (χ0) is 14.9. The van der Waals surface area contributed by atoms with E-state index in [-0.39, 0.29) is 24.3 Å². The molecule has 1 aliphatic heterocycles. The molecule has 2 rings (SSSR count). The molecule has 1 fully saturated rings. The Morgan fingerprint density at radius 3 is 2.60 bits per heavy atom. The zero-order valence-electron chi connectivity index (χ0n) is 12.3. The summed E-state index contributed by atoms with van der Waals surface area (Å²) in [7, 11) is 1.59. The molecule has 1 unspecified atom stereocenters. The van der Waals surface area contributed by atoms with E-state index in [4.69, 9.17) is 4.74 Å². The Labute approximate surface area is 118 Å². The molecule has 1 aromatic carbocycles. The average molecular weight is 276 g/mol. The number of rotatable bonds is 4. The standard InChI is InChI=1S/C15H20N2O3/c1-9(2)17-14(18)8-12(15(17)19)16-11-6-5-10(3)7-13(11)20-4/h5-7,9,12,16H,8H2,1-4H3. The van der Waals surface area contributed by atoms with Gasteiger partial charge in [-0.3, -0.25) is 14.5 Å². The highest BCUT2D eigenvalue weighted by molar-refractivity contribution is 6.07. The number of methoxy groups -OCH3 is 1. The lowest BCUT2D eigenvalue weighted by molar-refractivity contribution is -0.140. The topological polar surface area (TPSA) is 58.6 Å². The van der Waals surface area contributed by atoms with Gasteiger partial charge in [-0.2, -0.15) is 0 Å². The average Bonchev–Trinajstić information content (AvgIpc) is 2.66. The number of benzene rings is 1. The second-order valence-corrected chi connectivity index (χ2v) is 5.30. The van der Waals surface area contributed by atoms with Crippen LogP contribution in [-0.2, 0) is 9.59 Å². The summed E-state index contributed by atoms with van der Waals surface area (Å²) in [5.74, 6) is 0.370. The van der Waals surface area contributed by atoms with Crippen LogP contribution in [0.4, 0.5) is 5.69 Å². The van der Waals surface area contributed by atoms with E-state index in [1.165, 1.54) is 4.90 Å². The van der Waals surface area contributed by atoms with Crippen molar-refractivity contribution in [2.45, 2.75) is 39.3 Å². The van der Waals surface area contributed by atoms with Crippen molar-refractivity contribution < 1.29 is 14.3 Å². The van der Waals surface area contributed by atoms with E-state index in [0.29, 0.717) is 5.75 Å². The van der Waals surface area contributed by atoms with Gasteiger partial charge in [-0.25, -0.2) is 0 Å². The highest BCUT2D eigenvalue weighted by Gasteiger charge is 2.40. The van der Waals surface area contributed by atoms with Gasteiger partial charge in [0.25, 0.3) is 5.91 Å². The number of hydrogen-bond acceptors (Lipinski definition) is 4. The van der Waals surface area contributed by atoms with Crippen molar-refractivity contribution in [1.29, 1.82) is 0 Å². The number of carbonyl (C=O) groups is 2. The second-order valence-electron chi connectivity index (χ2n) is 5.30. The van der Waals surface area contributed by atoms with Gasteiger partial charge in [0.15, 0.2) is 0 Å². The number of anilines is 1. The Kier molecular flexibility index (Phi) is 3.97. The molecule has 0 aliphatic carbocycles. The van der Waals surface area contributed by atoms with Crippen LogP contribution in [0.25, 0.3) is 0 Å². The van der Waals surface area contributed by atoms with Gasteiger partial charge in [0, 0.05) is 6.04 Å². The zero-order valence-corrected chi connectivity index (χ0v) is 12.3. The summed E-state index contributed by atoms with van der Waals surface area (Å²) in [6.07, 6.45) is 0.189. The monoisotopic (exact) mass is 276 g/mol. The fraction of sp³-hybridized carbons (Fsp3) is 0.467. The number of likely N-dealkylation sites (tertiary alicyclic amines) is 1. The van der Waals surface area contributed by atoms with Crippen LogP contribution in [0.15, 0.2) is 18.2 Å². The van der Waals surface area contributed by atoms with Crippen LogP contribution in [0, 0.1) is 6.92 Å². The molecule has 5 nitrogen and oxygen atoms in total. The van der Waals surface area contributed by atoms with E-state index in [1.54, 1.807) is 7.11 Å². The lowest BCUT2D eigenvalue weighted by Crippen LogP contribution is -2.39. The molecular formula is C15H20N2O3. The smallest absolute Gasteiger partial charge is 0.252 e. The number of nitrogens with zero attached hydrogens (tertiary/aromatic N) is 1. The minimum absolute atomic E-state index is 0.110. The fourth-order valence-electron chi connectivity index (χ4n) is 2.41. The van der Waals surface area contributed by atoms with Crippen LogP contribution in [0.3, 0.4) is 0 Å². The molecule has 2 amide bonds. The van der Waals surface area contributed by atoms with Crippen molar-refractivity contribution in [3.8, 4) is 5.75 Å². The molecule has 0 aromatic heterocycles. The maximum atomic E-state index is 12.2. The number of carbonyl (C=O) groups excluding carboxylic acids is 2. The van der Waals surface area contributed by atoms with Gasteiger partial charge in [0.1, 0.15) is 11.8 Å². The minimum Gasteiger partial charge on any atom is -0.495 e. The molecule has 108 valence electrons. The maximum Gasteiger partial charge on any atom is 0.252 e. The molecule has 0 spiro atoms. The Bertz CT molecular complexity index is 540. The molecule has 0 saturated carbocycles. The summed E-state index contributed by atoms with van der Waals surface area (Å²) in [4.78, 5) is 25.4. The van der Waals surface area contributed by atoms with Crippen molar-refractivity contribution in [3.63, 3.8) is 0 Å². The van der Waals surface area contributed by atoms with Gasteiger partial charge >= 0.3 is 0 Å². The molecule has 1 heterocycles. The number of amides is 2. The molecule has 1 aliphatic rings. The lowest BCUT2D eigenvalue weighted by atomic mass is 10.1. The Morgan fingerprint density at radius 2 is 2.05 bits per heavy atom. The van der Waals surface area contributed by atoms with Crippen LogP contribution < -0.4 is 10.1 Å². The van der Waals surface area contributed by atoms with Gasteiger partial charge in [-0.05, 0) is 38.5 Å². The van der Waals surface area contributed by atoms with Crippen LogP contribution in [0.1, 0.15) is 25.8 Å². The summed E-state index contributed by atoms with van der Waals surface area (Å²) in [5.41, 5.74) is 1.81. The van der Waals surface area contributed by atoms with Crippen molar-refractivity contribution in [1.82, 2.24) is 4.90 Å². The second kappa shape index (κ2) is 5.53. The normalized spacial score (nSPS) is 18.9. The molecule has 5 heteroatoms. The molecule has 1 N–H and O–H groups in total. The summed E-state index contributed by atoms with van der Waals surface area (Å²) in [5, 5.41) is 3.12. The third-order valence-corrected chi connectivity index (χ3v) is 3.39. The maximum absolute atomic E-state index is 12.2. The first-order valence-corrected chi connectivity index (χ1v) is 6.71. The number of ether oxygens (including phenoxy) is 1. The third-order valence-electron chi connectivity index (χ3n) is 3.39. The largest absolute Gasteiger partial charge is 0.495 e. The quantitative estimate of drug-likeness (QED) is 0.854. The molecule has 0 bridgehead atoms. The SMILES string of the molecule is COc1cc(C)ccc1NC1CC(=O)N(C(C)C)C1=O. The van der Waals surface area contributed by atoms with Gasteiger partial charge in [0.05, 0.1) is 19.2 Å². The molecule has 0 radical (unpaired) electrons. The molecular weight excluding hydrogens is 256 g/mol. The van der Waals surface area contributed by atoms with E-state index >= 15 is 0 Å². The summed E-state index contributed by atoms with van der Waals surface area (Å²) >= 11 is 0. The van der Waals surface area contributed by atoms with Crippen molar-refractivity contribution in [3.05, 3.63) is 23.8 Å². The molecule has 1 aromatic rings. The highest BCUT2D eigenvalue weighted by atomic mass is 16.5. The fourth-order valence-corrected chi connectivity index (χ4v) is 2.41. The van der Waals surface area contributed by atoms with Crippen LogP contribution in [0.5, 0.6) is 5.75 Å². The number of hydrogen-bond donors (Lipinski definition) is 1. The Morgan fingerprint density at radius 1 is 1.35 bits per heavy atom. The lowest BCUT2D eigenvalue weighted by Gasteiger charge is -2.20. The third kappa shape index (κ3) is 2.61. The van der Waals surface area contributed by atoms with Gasteiger partial charge in [-0.15, -0.1) is 0 Å².